The predicted octanol–water partition coefficient (Wildman–Crippen LogP) is 5.29. The van der Waals surface area contributed by atoms with Gasteiger partial charge in [0.2, 0.25) is 0 Å². The molecular formula is C20H19N. The van der Waals surface area contributed by atoms with Crippen LogP contribution in [0.15, 0.2) is 66.9 Å². The fourth-order valence-corrected chi connectivity index (χ4v) is 2.70. The van der Waals surface area contributed by atoms with Crippen molar-refractivity contribution in [3.63, 3.8) is 0 Å². The van der Waals surface area contributed by atoms with Crippen LogP contribution in [0.3, 0.4) is 0 Å². The SMILES string of the molecule is CCc1ccccc1-c1cc(C)c(-c2ccccc2)cn1. The fraction of sp³-hybridized carbons (Fsp3) is 0.150. The van der Waals surface area contributed by atoms with Gasteiger partial charge in [-0.3, -0.25) is 4.98 Å². The minimum atomic E-state index is 1.03. The number of hydrogen-bond donors (Lipinski definition) is 0. The molecule has 0 aliphatic rings. The van der Waals surface area contributed by atoms with Gasteiger partial charge < -0.3 is 0 Å². The third kappa shape index (κ3) is 2.73. The number of rotatable bonds is 3. The summed E-state index contributed by atoms with van der Waals surface area (Å²) in [5.74, 6) is 0. The molecule has 21 heavy (non-hydrogen) atoms. The zero-order chi connectivity index (χ0) is 14.7. The molecule has 104 valence electrons. The van der Waals surface area contributed by atoms with Crippen LogP contribution in [0.2, 0.25) is 0 Å². The van der Waals surface area contributed by atoms with E-state index < -0.39 is 0 Å². The molecule has 0 radical (unpaired) electrons. The third-order valence-corrected chi connectivity index (χ3v) is 3.87. The maximum Gasteiger partial charge on any atom is 0.0707 e. The molecule has 0 unspecified atom stereocenters. The summed E-state index contributed by atoms with van der Waals surface area (Å²) < 4.78 is 0. The summed E-state index contributed by atoms with van der Waals surface area (Å²) >= 11 is 0. The fourth-order valence-electron chi connectivity index (χ4n) is 2.70. The zero-order valence-corrected chi connectivity index (χ0v) is 12.5. The monoisotopic (exact) mass is 273 g/mol. The van der Waals surface area contributed by atoms with E-state index in [0.29, 0.717) is 0 Å². The Morgan fingerprint density at radius 3 is 2.29 bits per heavy atom. The Kier molecular flexibility index (Phi) is 3.83. The highest BCUT2D eigenvalue weighted by molar-refractivity contribution is 5.71. The number of hydrogen-bond acceptors (Lipinski definition) is 1. The molecule has 1 heterocycles. The first-order chi connectivity index (χ1) is 10.3. The van der Waals surface area contributed by atoms with Gasteiger partial charge in [0, 0.05) is 17.3 Å². The number of benzene rings is 2. The van der Waals surface area contributed by atoms with Crippen LogP contribution in [0.5, 0.6) is 0 Å². The van der Waals surface area contributed by atoms with Gasteiger partial charge in [0.25, 0.3) is 0 Å². The van der Waals surface area contributed by atoms with Crippen LogP contribution >= 0.6 is 0 Å². The Labute approximate surface area is 126 Å². The summed E-state index contributed by atoms with van der Waals surface area (Å²) in [6, 6.07) is 21.1. The van der Waals surface area contributed by atoms with Gasteiger partial charge in [-0.25, -0.2) is 0 Å². The summed E-state index contributed by atoms with van der Waals surface area (Å²) in [5.41, 5.74) is 7.33. The molecule has 0 bridgehead atoms. The Bertz CT molecular complexity index is 745. The zero-order valence-electron chi connectivity index (χ0n) is 12.5. The summed E-state index contributed by atoms with van der Waals surface area (Å²) in [4.78, 5) is 4.69. The van der Waals surface area contributed by atoms with Gasteiger partial charge in [-0.2, -0.15) is 0 Å². The minimum absolute atomic E-state index is 1.03. The lowest BCUT2D eigenvalue weighted by Crippen LogP contribution is -1.93. The van der Waals surface area contributed by atoms with Gasteiger partial charge in [0.15, 0.2) is 0 Å². The predicted molar refractivity (Wildman–Crippen MR) is 89.2 cm³/mol. The van der Waals surface area contributed by atoms with E-state index in [4.69, 9.17) is 4.98 Å². The van der Waals surface area contributed by atoms with E-state index in [9.17, 15) is 0 Å². The van der Waals surface area contributed by atoms with E-state index >= 15 is 0 Å². The van der Waals surface area contributed by atoms with Crippen molar-refractivity contribution in [2.75, 3.05) is 0 Å². The molecule has 0 saturated heterocycles. The first-order valence-corrected chi connectivity index (χ1v) is 7.40. The van der Waals surface area contributed by atoms with Gasteiger partial charge >= 0.3 is 0 Å². The van der Waals surface area contributed by atoms with Crippen molar-refractivity contribution in [2.45, 2.75) is 20.3 Å². The van der Waals surface area contributed by atoms with Gasteiger partial charge in [-0.1, -0.05) is 61.5 Å². The maximum absolute atomic E-state index is 4.69. The average Bonchev–Trinajstić information content (AvgIpc) is 2.55. The van der Waals surface area contributed by atoms with Crippen molar-refractivity contribution in [1.29, 1.82) is 0 Å². The van der Waals surface area contributed by atoms with Crippen molar-refractivity contribution in [1.82, 2.24) is 4.98 Å². The molecule has 0 fully saturated rings. The average molecular weight is 273 g/mol. The highest BCUT2D eigenvalue weighted by atomic mass is 14.7. The van der Waals surface area contributed by atoms with E-state index in [2.05, 4.69) is 68.4 Å². The minimum Gasteiger partial charge on any atom is -0.256 e. The second kappa shape index (κ2) is 5.92. The normalized spacial score (nSPS) is 10.6. The summed E-state index contributed by atoms with van der Waals surface area (Å²) in [5, 5.41) is 0. The Morgan fingerprint density at radius 1 is 0.857 bits per heavy atom. The lowest BCUT2D eigenvalue weighted by Gasteiger charge is -2.11. The largest absolute Gasteiger partial charge is 0.256 e. The Hall–Kier alpha value is -2.41. The molecule has 0 aliphatic carbocycles. The van der Waals surface area contributed by atoms with Crippen LogP contribution in [0.4, 0.5) is 0 Å². The highest BCUT2D eigenvalue weighted by Gasteiger charge is 2.08. The van der Waals surface area contributed by atoms with E-state index in [1.165, 1.54) is 27.8 Å². The standard InChI is InChI=1S/C20H19N/c1-3-16-9-7-8-12-18(16)20-13-15(2)19(14-21-20)17-10-5-4-6-11-17/h4-14H,3H2,1-2H3. The molecular weight excluding hydrogens is 254 g/mol. The van der Waals surface area contributed by atoms with Crippen LogP contribution in [-0.4, -0.2) is 4.98 Å². The lowest BCUT2D eigenvalue weighted by molar-refractivity contribution is 1.13. The molecule has 0 aliphatic heterocycles. The quantitative estimate of drug-likeness (QED) is 0.632. The van der Waals surface area contributed by atoms with Gasteiger partial charge in [0.05, 0.1) is 5.69 Å². The first kappa shape index (κ1) is 13.6. The Morgan fingerprint density at radius 2 is 1.57 bits per heavy atom. The van der Waals surface area contributed by atoms with Crippen molar-refractivity contribution < 1.29 is 0 Å². The van der Waals surface area contributed by atoms with Crippen LogP contribution in [0.1, 0.15) is 18.1 Å². The molecule has 0 saturated carbocycles. The van der Waals surface area contributed by atoms with Crippen molar-refractivity contribution in [2.24, 2.45) is 0 Å². The number of pyridine rings is 1. The second-order valence-electron chi connectivity index (χ2n) is 5.26. The molecule has 0 amide bonds. The summed E-state index contributed by atoms with van der Waals surface area (Å²) in [7, 11) is 0. The molecule has 0 N–H and O–H groups in total. The van der Waals surface area contributed by atoms with E-state index in [1.807, 2.05) is 12.3 Å². The Balaban J connectivity index is 2.06. The van der Waals surface area contributed by atoms with Crippen molar-refractivity contribution in [3.05, 3.63) is 78.0 Å². The van der Waals surface area contributed by atoms with E-state index in [0.717, 1.165) is 12.1 Å². The molecule has 1 nitrogen and oxygen atoms in total. The van der Waals surface area contributed by atoms with Gasteiger partial charge in [-0.15, -0.1) is 0 Å². The second-order valence-corrected chi connectivity index (χ2v) is 5.26. The van der Waals surface area contributed by atoms with Crippen LogP contribution < -0.4 is 0 Å². The highest BCUT2D eigenvalue weighted by Crippen LogP contribution is 2.28. The van der Waals surface area contributed by atoms with Crippen LogP contribution in [-0.2, 0) is 6.42 Å². The van der Waals surface area contributed by atoms with Gasteiger partial charge in [-0.05, 0) is 36.1 Å². The third-order valence-electron chi connectivity index (χ3n) is 3.87. The molecule has 1 aromatic heterocycles. The first-order valence-electron chi connectivity index (χ1n) is 7.40. The number of aryl methyl sites for hydroxylation is 2. The van der Waals surface area contributed by atoms with E-state index in [1.54, 1.807) is 0 Å². The molecule has 0 atom stereocenters. The maximum atomic E-state index is 4.69. The molecule has 1 heteroatoms. The smallest absolute Gasteiger partial charge is 0.0707 e. The topological polar surface area (TPSA) is 12.9 Å². The summed E-state index contributed by atoms with van der Waals surface area (Å²) in [6.07, 6.45) is 3.02. The van der Waals surface area contributed by atoms with Crippen molar-refractivity contribution >= 4 is 0 Å². The van der Waals surface area contributed by atoms with Gasteiger partial charge in [0.1, 0.15) is 0 Å². The van der Waals surface area contributed by atoms with Crippen LogP contribution in [0, 0.1) is 6.92 Å². The number of nitrogens with zero attached hydrogens (tertiary/aromatic N) is 1. The van der Waals surface area contributed by atoms with E-state index in [-0.39, 0.29) is 0 Å². The lowest BCUT2D eigenvalue weighted by atomic mass is 9.98. The molecule has 3 rings (SSSR count). The number of aromatic nitrogens is 1. The van der Waals surface area contributed by atoms with Crippen LogP contribution in [0.25, 0.3) is 22.4 Å². The molecule has 3 aromatic rings. The summed E-state index contributed by atoms with van der Waals surface area (Å²) in [6.45, 7) is 4.34. The van der Waals surface area contributed by atoms with Crippen molar-refractivity contribution in [3.8, 4) is 22.4 Å². The molecule has 2 aromatic carbocycles. The molecule has 0 spiro atoms.